The second-order valence-corrected chi connectivity index (χ2v) is 7.43. The number of rotatable bonds is 8. The molecule has 0 aliphatic carbocycles. The number of benzene rings is 2. The van der Waals surface area contributed by atoms with Crippen LogP contribution in [-0.2, 0) is 20.8 Å². The molecule has 0 aromatic heterocycles. The third-order valence-corrected chi connectivity index (χ3v) is 4.91. The Labute approximate surface area is 181 Å². The minimum Gasteiger partial charge on any atom is -0.480 e. The minimum atomic E-state index is -1.21. The van der Waals surface area contributed by atoms with Crippen molar-refractivity contribution < 1.29 is 28.7 Å². The van der Waals surface area contributed by atoms with E-state index in [-0.39, 0.29) is 12.8 Å². The standard InChI is InChI=1S/C20H20ClFN4O5/c21-12-5-6-15(22)14(8-12)11-3-1-10(2-4-11)7-13(9-16(23)19(28)29)24-18(27)17-25-20(30)31-26-17/h1-6,8,13,16-17,26H,7,9,23H2,(H,24,27)(H,25,30)(H,28,29)/t13-,16+,17?/m1/s1. The molecule has 9 nitrogen and oxygen atoms in total. The van der Waals surface area contributed by atoms with E-state index in [4.69, 9.17) is 22.4 Å². The molecule has 11 heteroatoms. The van der Waals surface area contributed by atoms with Crippen LogP contribution in [0.2, 0.25) is 5.02 Å². The molecular weight excluding hydrogens is 431 g/mol. The molecule has 1 heterocycles. The maximum atomic E-state index is 14.1. The highest BCUT2D eigenvalue weighted by atomic mass is 35.5. The fourth-order valence-corrected chi connectivity index (χ4v) is 3.29. The van der Waals surface area contributed by atoms with Crippen LogP contribution in [0.4, 0.5) is 9.18 Å². The summed E-state index contributed by atoms with van der Waals surface area (Å²) < 4.78 is 14.1. The van der Waals surface area contributed by atoms with Crippen LogP contribution in [0, 0.1) is 5.82 Å². The summed E-state index contributed by atoms with van der Waals surface area (Å²) in [7, 11) is 0. The predicted molar refractivity (Wildman–Crippen MR) is 109 cm³/mol. The van der Waals surface area contributed by atoms with Crippen molar-refractivity contribution >= 4 is 29.6 Å². The number of hydroxylamine groups is 1. The molecule has 3 rings (SSSR count). The molecule has 0 saturated carbocycles. The third-order valence-electron chi connectivity index (χ3n) is 4.67. The predicted octanol–water partition coefficient (Wildman–Crippen LogP) is 1.55. The van der Waals surface area contributed by atoms with Gasteiger partial charge < -0.3 is 21.0 Å². The van der Waals surface area contributed by atoms with Crippen LogP contribution in [-0.4, -0.2) is 41.3 Å². The van der Waals surface area contributed by atoms with Crippen molar-refractivity contribution in [1.29, 1.82) is 0 Å². The van der Waals surface area contributed by atoms with Crippen LogP contribution in [0.15, 0.2) is 42.5 Å². The van der Waals surface area contributed by atoms with Crippen LogP contribution in [0.3, 0.4) is 0 Å². The first kappa shape index (κ1) is 22.5. The number of carboxylic acids is 1. The summed E-state index contributed by atoms with van der Waals surface area (Å²) in [5.41, 5.74) is 9.58. The summed E-state index contributed by atoms with van der Waals surface area (Å²) in [5, 5.41) is 14.4. The first-order chi connectivity index (χ1) is 14.7. The lowest BCUT2D eigenvalue weighted by molar-refractivity contribution is -0.139. The van der Waals surface area contributed by atoms with E-state index in [1.165, 1.54) is 18.2 Å². The van der Waals surface area contributed by atoms with Crippen molar-refractivity contribution in [3.63, 3.8) is 0 Å². The van der Waals surface area contributed by atoms with Gasteiger partial charge >= 0.3 is 12.1 Å². The topological polar surface area (TPSA) is 143 Å². The molecule has 2 amide bonds. The quantitative estimate of drug-likeness (QED) is 0.410. The van der Waals surface area contributed by atoms with Gasteiger partial charge in [0.15, 0.2) is 6.17 Å². The van der Waals surface area contributed by atoms with Crippen LogP contribution in [0.25, 0.3) is 11.1 Å². The second kappa shape index (κ2) is 9.73. The van der Waals surface area contributed by atoms with Gasteiger partial charge in [0.2, 0.25) is 0 Å². The first-order valence-electron chi connectivity index (χ1n) is 9.29. The van der Waals surface area contributed by atoms with Crippen molar-refractivity contribution in [3.05, 3.63) is 58.9 Å². The number of amides is 2. The summed E-state index contributed by atoms with van der Waals surface area (Å²) >= 11 is 5.95. The number of nitrogens with two attached hydrogens (primary N) is 1. The highest BCUT2D eigenvalue weighted by molar-refractivity contribution is 6.30. The van der Waals surface area contributed by atoms with Crippen molar-refractivity contribution in [2.24, 2.45) is 5.73 Å². The van der Waals surface area contributed by atoms with Crippen molar-refractivity contribution in [2.75, 3.05) is 0 Å². The highest BCUT2D eigenvalue weighted by Gasteiger charge is 2.31. The number of aliphatic carboxylic acids is 1. The number of halogens is 2. The Morgan fingerprint density at radius 2 is 1.97 bits per heavy atom. The zero-order chi connectivity index (χ0) is 22.5. The number of carbonyl (C=O) groups excluding carboxylic acids is 2. The second-order valence-electron chi connectivity index (χ2n) is 7.00. The number of carbonyl (C=O) groups is 3. The molecule has 164 valence electrons. The minimum absolute atomic E-state index is 0.0483. The summed E-state index contributed by atoms with van der Waals surface area (Å²) in [4.78, 5) is 39.0. The van der Waals surface area contributed by atoms with Gasteiger partial charge in [0.05, 0.1) is 0 Å². The maximum absolute atomic E-state index is 14.1. The molecule has 1 fully saturated rings. The van der Waals surface area contributed by atoms with E-state index >= 15 is 0 Å². The third kappa shape index (κ3) is 5.91. The Balaban J connectivity index is 1.73. The lowest BCUT2D eigenvalue weighted by atomic mass is 9.97. The van der Waals surface area contributed by atoms with Crippen LogP contribution in [0.1, 0.15) is 12.0 Å². The molecule has 31 heavy (non-hydrogen) atoms. The Hall–Kier alpha value is -3.21. The van der Waals surface area contributed by atoms with Gasteiger partial charge in [-0.25, -0.2) is 9.18 Å². The van der Waals surface area contributed by atoms with Gasteiger partial charge in [-0.1, -0.05) is 35.9 Å². The summed E-state index contributed by atoms with van der Waals surface area (Å²) in [6.07, 6.45) is -1.70. The normalized spacial score (nSPS) is 17.4. The number of nitrogens with one attached hydrogen (secondary N) is 3. The summed E-state index contributed by atoms with van der Waals surface area (Å²) in [5.74, 6) is -2.23. The Morgan fingerprint density at radius 3 is 2.58 bits per heavy atom. The lowest BCUT2D eigenvalue weighted by Crippen LogP contribution is -2.52. The molecule has 1 aliphatic rings. The van der Waals surface area contributed by atoms with Gasteiger partial charge in [0.1, 0.15) is 11.9 Å². The summed E-state index contributed by atoms with van der Waals surface area (Å²) in [6.45, 7) is 0. The van der Waals surface area contributed by atoms with Crippen molar-refractivity contribution in [3.8, 4) is 11.1 Å². The highest BCUT2D eigenvalue weighted by Crippen LogP contribution is 2.26. The maximum Gasteiger partial charge on any atom is 0.427 e. The molecule has 1 aliphatic heterocycles. The van der Waals surface area contributed by atoms with Crippen LogP contribution < -0.4 is 21.8 Å². The van der Waals surface area contributed by atoms with Gasteiger partial charge in [-0.2, -0.15) is 0 Å². The zero-order valence-corrected chi connectivity index (χ0v) is 16.9. The Morgan fingerprint density at radius 1 is 1.26 bits per heavy atom. The SMILES string of the molecule is N[C@@H](C[C@@H](Cc1ccc(-c2cc(Cl)ccc2F)cc1)NC(=O)C1NOC(=O)N1)C(=O)O. The zero-order valence-electron chi connectivity index (χ0n) is 16.1. The average molecular weight is 451 g/mol. The van der Waals surface area contributed by atoms with Gasteiger partial charge in [-0.05, 0) is 42.2 Å². The summed E-state index contributed by atoms with van der Waals surface area (Å²) in [6, 6.07) is 9.29. The first-order valence-corrected chi connectivity index (χ1v) is 9.66. The van der Waals surface area contributed by atoms with E-state index in [1.807, 2.05) is 0 Å². The molecule has 0 spiro atoms. The van der Waals surface area contributed by atoms with E-state index < -0.39 is 42.0 Å². The fraction of sp³-hybridized carbons (Fsp3) is 0.250. The molecule has 1 saturated heterocycles. The van der Waals surface area contributed by atoms with E-state index in [2.05, 4.69) is 21.0 Å². The van der Waals surface area contributed by atoms with E-state index in [0.717, 1.165) is 5.56 Å². The smallest absolute Gasteiger partial charge is 0.427 e. The van der Waals surface area contributed by atoms with E-state index in [0.29, 0.717) is 16.1 Å². The largest absolute Gasteiger partial charge is 0.480 e. The van der Waals surface area contributed by atoms with Crippen molar-refractivity contribution in [1.82, 2.24) is 16.1 Å². The monoisotopic (exact) mass is 450 g/mol. The lowest BCUT2D eigenvalue weighted by Gasteiger charge is -2.22. The van der Waals surface area contributed by atoms with E-state index in [1.54, 1.807) is 24.3 Å². The molecule has 1 unspecified atom stereocenters. The number of carboxylic acid groups (broad SMARTS) is 1. The molecule has 6 N–H and O–H groups in total. The molecule has 0 radical (unpaired) electrons. The van der Waals surface area contributed by atoms with Crippen LogP contribution >= 0.6 is 11.6 Å². The van der Waals surface area contributed by atoms with Gasteiger partial charge in [0.25, 0.3) is 5.91 Å². The van der Waals surface area contributed by atoms with Gasteiger partial charge in [0, 0.05) is 16.6 Å². The van der Waals surface area contributed by atoms with Crippen molar-refractivity contribution in [2.45, 2.75) is 31.1 Å². The van der Waals surface area contributed by atoms with Crippen LogP contribution in [0.5, 0.6) is 0 Å². The number of hydrogen-bond donors (Lipinski definition) is 5. The van der Waals surface area contributed by atoms with E-state index in [9.17, 15) is 18.8 Å². The molecule has 0 bridgehead atoms. The van der Waals surface area contributed by atoms with Gasteiger partial charge in [-0.15, -0.1) is 5.48 Å². The molecular formula is C20H20ClFN4O5. The Bertz CT molecular complexity index is 988. The molecule has 2 aromatic carbocycles. The fourth-order valence-electron chi connectivity index (χ4n) is 3.12. The molecule has 3 atom stereocenters. The number of hydrogen-bond acceptors (Lipinski definition) is 6. The molecule has 2 aromatic rings. The Kier molecular flexibility index (Phi) is 7.06. The average Bonchev–Trinajstić information content (AvgIpc) is 3.17. The van der Waals surface area contributed by atoms with Gasteiger partial charge in [-0.3, -0.25) is 14.9 Å².